The summed E-state index contributed by atoms with van der Waals surface area (Å²) in [6.45, 7) is 2.65. The molecule has 1 aliphatic carbocycles. The van der Waals surface area contributed by atoms with E-state index in [0.717, 1.165) is 29.7 Å². The number of pyridine rings is 1. The molecule has 0 radical (unpaired) electrons. The number of anilines is 1. The van der Waals surface area contributed by atoms with E-state index in [1.165, 1.54) is 69.1 Å². The number of aromatic nitrogens is 3. The molecule has 3 atom stereocenters. The molecule has 0 bridgehead atoms. The van der Waals surface area contributed by atoms with Crippen LogP contribution in [0.15, 0.2) is 12.3 Å². The van der Waals surface area contributed by atoms with E-state index in [0.29, 0.717) is 6.04 Å². The molecule has 0 amide bonds. The van der Waals surface area contributed by atoms with Crippen LogP contribution in [0.25, 0.3) is 10.9 Å². The van der Waals surface area contributed by atoms with Crippen molar-refractivity contribution < 1.29 is 0 Å². The third-order valence-electron chi connectivity index (χ3n) is 6.34. The van der Waals surface area contributed by atoms with Crippen LogP contribution in [0.3, 0.4) is 0 Å². The maximum atomic E-state index is 4.66. The minimum Gasteiger partial charge on any atom is -0.367 e. The molecule has 128 valence electrons. The first-order valence-electron chi connectivity index (χ1n) is 9.71. The van der Waals surface area contributed by atoms with Gasteiger partial charge in [-0.3, -0.25) is 10.00 Å². The first-order chi connectivity index (χ1) is 11.9. The highest BCUT2D eigenvalue weighted by Crippen LogP contribution is 2.38. The molecule has 2 N–H and O–H groups in total. The summed E-state index contributed by atoms with van der Waals surface area (Å²) in [7, 11) is 0. The first-order valence-corrected chi connectivity index (χ1v) is 9.71. The maximum Gasteiger partial charge on any atom is 0.137 e. The third-order valence-corrected chi connectivity index (χ3v) is 6.34. The number of aryl methyl sites for hydroxylation is 1. The van der Waals surface area contributed by atoms with Gasteiger partial charge in [-0.05, 0) is 50.6 Å². The highest BCUT2D eigenvalue weighted by molar-refractivity contribution is 5.91. The van der Waals surface area contributed by atoms with E-state index in [9.17, 15) is 0 Å². The normalized spacial score (nSPS) is 29.8. The third kappa shape index (κ3) is 2.69. The van der Waals surface area contributed by atoms with Gasteiger partial charge >= 0.3 is 0 Å². The Kier molecular flexibility index (Phi) is 3.69. The van der Waals surface area contributed by atoms with Gasteiger partial charge in [0.1, 0.15) is 5.82 Å². The standard InChI is InChI=1S/C19H27N5/c1-2-4-14(5-3-1)21-19-18-15(22-23-16(18)8-10-20-19)7-6-13-9-11-24-12-17(13)24/h8,10,13-14,17H,1-7,9,11-12H2,(H,20,21)(H,22,23). The van der Waals surface area contributed by atoms with Crippen LogP contribution in [0.1, 0.15) is 50.6 Å². The topological polar surface area (TPSA) is 56.6 Å². The van der Waals surface area contributed by atoms with Gasteiger partial charge in [-0.15, -0.1) is 0 Å². The van der Waals surface area contributed by atoms with Gasteiger partial charge in [0.05, 0.1) is 16.6 Å². The second-order valence-electron chi connectivity index (χ2n) is 7.88. The molecule has 2 saturated heterocycles. The number of aromatic amines is 1. The molecule has 3 fully saturated rings. The minimum atomic E-state index is 0.578. The van der Waals surface area contributed by atoms with Gasteiger partial charge in [0, 0.05) is 24.8 Å². The van der Waals surface area contributed by atoms with Crippen LogP contribution in [0.2, 0.25) is 0 Å². The zero-order valence-electron chi connectivity index (χ0n) is 14.3. The van der Waals surface area contributed by atoms with Crippen molar-refractivity contribution in [3.05, 3.63) is 18.0 Å². The number of H-pyrrole nitrogens is 1. The van der Waals surface area contributed by atoms with E-state index < -0.39 is 0 Å². The molecule has 2 aromatic rings. The lowest BCUT2D eigenvalue weighted by Crippen LogP contribution is -2.23. The molecule has 5 heteroatoms. The second kappa shape index (κ2) is 6.03. The van der Waals surface area contributed by atoms with Crippen LogP contribution in [0.4, 0.5) is 5.82 Å². The predicted octanol–water partition coefficient (Wildman–Crippen LogP) is 3.34. The zero-order valence-corrected chi connectivity index (χ0v) is 14.3. The van der Waals surface area contributed by atoms with Crippen molar-refractivity contribution in [2.45, 2.75) is 63.5 Å². The Hall–Kier alpha value is -1.62. The van der Waals surface area contributed by atoms with E-state index in [-0.39, 0.29) is 0 Å². The predicted molar refractivity (Wildman–Crippen MR) is 96.2 cm³/mol. The summed E-state index contributed by atoms with van der Waals surface area (Å²) in [5.41, 5.74) is 2.33. The Labute approximate surface area is 143 Å². The van der Waals surface area contributed by atoms with Crippen LogP contribution in [0.5, 0.6) is 0 Å². The molecule has 3 unspecified atom stereocenters. The lowest BCUT2D eigenvalue weighted by atomic mass is 9.95. The Balaban J connectivity index is 1.35. The number of nitrogens with one attached hydrogen (secondary N) is 2. The van der Waals surface area contributed by atoms with E-state index in [2.05, 4.69) is 31.5 Å². The van der Waals surface area contributed by atoms with Gasteiger partial charge in [-0.1, -0.05) is 19.3 Å². The average molecular weight is 325 g/mol. The van der Waals surface area contributed by atoms with Crippen molar-refractivity contribution in [3.63, 3.8) is 0 Å². The molecule has 2 aromatic heterocycles. The summed E-state index contributed by atoms with van der Waals surface area (Å²) in [6, 6.07) is 3.51. The van der Waals surface area contributed by atoms with E-state index in [1.807, 2.05) is 6.20 Å². The first kappa shape index (κ1) is 14.7. The fraction of sp³-hybridized carbons (Fsp3) is 0.684. The molecule has 0 spiro atoms. The summed E-state index contributed by atoms with van der Waals surface area (Å²) in [5.74, 6) is 1.92. The Morgan fingerprint density at radius 1 is 1.21 bits per heavy atom. The van der Waals surface area contributed by atoms with Gasteiger partial charge in [0.25, 0.3) is 0 Å². The lowest BCUT2D eigenvalue weighted by Gasteiger charge is -2.23. The van der Waals surface area contributed by atoms with Crippen molar-refractivity contribution in [3.8, 4) is 0 Å². The van der Waals surface area contributed by atoms with E-state index in [4.69, 9.17) is 0 Å². The number of hydrogen-bond acceptors (Lipinski definition) is 4. The molecule has 5 nitrogen and oxygen atoms in total. The summed E-state index contributed by atoms with van der Waals surface area (Å²) in [6.07, 6.45) is 12.2. The van der Waals surface area contributed by atoms with Crippen molar-refractivity contribution >= 4 is 16.7 Å². The quantitative estimate of drug-likeness (QED) is 0.828. The minimum absolute atomic E-state index is 0.578. The fourth-order valence-corrected chi connectivity index (χ4v) is 4.84. The molecule has 2 aliphatic heterocycles. The van der Waals surface area contributed by atoms with Crippen molar-refractivity contribution in [2.24, 2.45) is 5.92 Å². The van der Waals surface area contributed by atoms with E-state index >= 15 is 0 Å². The summed E-state index contributed by atoms with van der Waals surface area (Å²) < 4.78 is 0. The Morgan fingerprint density at radius 2 is 2.12 bits per heavy atom. The molecule has 0 aromatic carbocycles. The van der Waals surface area contributed by atoms with Gasteiger partial charge in [-0.2, -0.15) is 5.10 Å². The Morgan fingerprint density at radius 3 is 2.92 bits per heavy atom. The van der Waals surface area contributed by atoms with Gasteiger partial charge in [-0.25, -0.2) is 4.98 Å². The maximum absolute atomic E-state index is 4.66. The number of piperidine rings is 1. The molecule has 4 heterocycles. The smallest absolute Gasteiger partial charge is 0.137 e. The number of rotatable bonds is 5. The van der Waals surface area contributed by atoms with Crippen LogP contribution < -0.4 is 5.32 Å². The van der Waals surface area contributed by atoms with Crippen LogP contribution in [0, 0.1) is 5.92 Å². The fourth-order valence-electron chi connectivity index (χ4n) is 4.84. The SMILES string of the molecule is c1cc2[nH]nc(CCC3CCN4CC34)c2c(NC2CCCCC2)n1. The van der Waals surface area contributed by atoms with Gasteiger partial charge in [0.2, 0.25) is 0 Å². The van der Waals surface area contributed by atoms with Crippen molar-refractivity contribution in [2.75, 3.05) is 18.4 Å². The average Bonchev–Trinajstić information content (AvgIpc) is 3.10. The number of hydrogen-bond donors (Lipinski definition) is 2. The number of nitrogens with zero attached hydrogens (tertiary/aromatic N) is 3. The van der Waals surface area contributed by atoms with Crippen molar-refractivity contribution in [1.82, 2.24) is 20.1 Å². The number of fused-ring (bicyclic) bond motifs is 2. The molecular weight excluding hydrogens is 298 g/mol. The Bertz CT molecular complexity index is 718. The molecule has 24 heavy (non-hydrogen) atoms. The lowest BCUT2D eigenvalue weighted by molar-refractivity contribution is 0.462. The summed E-state index contributed by atoms with van der Waals surface area (Å²) >= 11 is 0. The molecule has 5 rings (SSSR count). The zero-order chi connectivity index (χ0) is 15.9. The van der Waals surface area contributed by atoms with Crippen molar-refractivity contribution in [1.29, 1.82) is 0 Å². The van der Waals surface area contributed by atoms with Gasteiger partial charge < -0.3 is 5.32 Å². The highest BCUT2D eigenvalue weighted by Gasteiger charge is 2.45. The van der Waals surface area contributed by atoms with Crippen LogP contribution in [-0.4, -0.2) is 45.3 Å². The molecule has 3 aliphatic rings. The monoisotopic (exact) mass is 325 g/mol. The molecule has 1 saturated carbocycles. The molecular formula is C19H27N5. The van der Waals surface area contributed by atoms with Crippen LogP contribution in [-0.2, 0) is 6.42 Å². The highest BCUT2D eigenvalue weighted by atomic mass is 15.3. The second-order valence-corrected chi connectivity index (χ2v) is 7.88. The summed E-state index contributed by atoms with van der Waals surface area (Å²) in [5, 5.41) is 12.8. The largest absolute Gasteiger partial charge is 0.367 e. The summed E-state index contributed by atoms with van der Waals surface area (Å²) in [4.78, 5) is 7.26. The van der Waals surface area contributed by atoms with Crippen LogP contribution >= 0.6 is 0 Å². The van der Waals surface area contributed by atoms with Gasteiger partial charge in [0.15, 0.2) is 0 Å². The van der Waals surface area contributed by atoms with E-state index in [1.54, 1.807) is 0 Å².